The molecule has 1 aliphatic rings. The number of hydrazone groups is 1. The van der Waals surface area contributed by atoms with Crippen LogP contribution in [0.4, 0.5) is 10.1 Å². The SMILES string of the molecule is COc1cc(/C=N\NC(=O)c2ccc(N3CCCC3)cc2)cc(Br)c1OCc1ccc(F)cc1. The molecule has 0 saturated carbocycles. The summed E-state index contributed by atoms with van der Waals surface area (Å²) in [4.78, 5) is 14.8. The molecule has 4 rings (SSSR count). The molecule has 0 atom stereocenters. The fourth-order valence-electron chi connectivity index (χ4n) is 3.72. The topological polar surface area (TPSA) is 63.2 Å². The van der Waals surface area contributed by atoms with E-state index in [1.807, 2.05) is 30.3 Å². The number of rotatable bonds is 8. The summed E-state index contributed by atoms with van der Waals surface area (Å²) in [5, 5.41) is 4.08. The van der Waals surface area contributed by atoms with Crippen molar-refractivity contribution in [1.82, 2.24) is 5.43 Å². The van der Waals surface area contributed by atoms with Crippen LogP contribution in [0.5, 0.6) is 11.5 Å². The van der Waals surface area contributed by atoms with Gasteiger partial charge in [0.05, 0.1) is 17.8 Å². The lowest BCUT2D eigenvalue weighted by atomic mass is 10.2. The number of hydrogen-bond acceptors (Lipinski definition) is 5. The van der Waals surface area contributed by atoms with E-state index in [1.54, 1.807) is 25.3 Å². The van der Waals surface area contributed by atoms with Crippen molar-refractivity contribution in [1.29, 1.82) is 0 Å². The first kappa shape index (κ1) is 23.8. The van der Waals surface area contributed by atoms with E-state index in [4.69, 9.17) is 9.47 Å². The number of carbonyl (C=O) groups is 1. The van der Waals surface area contributed by atoms with Gasteiger partial charge >= 0.3 is 0 Å². The second kappa shape index (κ2) is 11.2. The fourth-order valence-corrected chi connectivity index (χ4v) is 4.29. The highest BCUT2D eigenvalue weighted by Gasteiger charge is 2.14. The zero-order chi connectivity index (χ0) is 23.9. The number of anilines is 1. The maximum atomic E-state index is 13.1. The van der Waals surface area contributed by atoms with Crippen molar-refractivity contribution in [2.24, 2.45) is 5.10 Å². The predicted octanol–water partition coefficient (Wildman–Crippen LogP) is 5.54. The highest BCUT2D eigenvalue weighted by molar-refractivity contribution is 9.10. The zero-order valence-corrected chi connectivity index (χ0v) is 20.3. The zero-order valence-electron chi connectivity index (χ0n) is 18.8. The predicted molar refractivity (Wildman–Crippen MR) is 134 cm³/mol. The number of ether oxygens (including phenoxy) is 2. The molecule has 8 heteroatoms. The third kappa shape index (κ3) is 5.94. The molecule has 176 valence electrons. The minimum atomic E-state index is -0.294. The van der Waals surface area contributed by atoms with Gasteiger partial charge < -0.3 is 14.4 Å². The minimum Gasteiger partial charge on any atom is -0.493 e. The number of methoxy groups -OCH3 is 1. The molecule has 1 saturated heterocycles. The van der Waals surface area contributed by atoms with Gasteiger partial charge in [-0.1, -0.05) is 12.1 Å². The van der Waals surface area contributed by atoms with E-state index in [2.05, 4.69) is 31.4 Å². The smallest absolute Gasteiger partial charge is 0.271 e. The van der Waals surface area contributed by atoms with Crippen LogP contribution in [0.1, 0.15) is 34.3 Å². The van der Waals surface area contributed by atoms with Crippen LogP contribution in [0.25, 0.3) is 0 Å². The van der Waals surface area contributed by atoms with Crippen molar-refractivity contribution in [2.45, 2.75) is 19.4 Å². The molecule has 0 spiro atoms. The minimum absolute atomic E-state index is 0.259. The van der Waals surface area contributed by atoms with Gasteiger partial charge in [0.15, 0.2) is 11.5 Å². The van der Waals surface area contributed by atoms with Crippen molar-refractivity contribution in [3.05, 3.63) is 87.6 Å². The highest BCUT2D eigenvalue weighted by atomic mass is 79.9. The Balaban J connectivity index is 1.37. The molecule has 3 aromatic carbocycles. The molecule has 3 aromatic rings. The summed E-state index contributed by atoms with van der Waals surface area (Å²) in [6.07, 6.45) is 3.95. The lowest BCUT2D eigenvalue weighted by molar-refractivity contribution is 0.0955. The summed E-state index contributed by atoms with van der Waals surface area (Å²) in [5.74, 6) is 0.444. The molecule has 0 aliphatic carbocycles. The Bertz CT molecular complexity index is 1160. The van der Waals surface area contributed by atoms with Crippen LogP contribution in [-0.2, 0) is 6.61 Å². The van der Waals surface area contributed by atoms with E-state index in [1.165, 1.54) is 31.2 Å². The van der Waals surface area contributed by atoms with Gasteiger partial charge in [0, 0.05) is 24.3 Å². The molecule has 1 heterocycles. The number of halogens is 2. The molecular formula is C26H25BrFN3O3. The number of hydrogen-bond donors (Lipinski definition) is 1. The summed E-state index contributed by atoms with van der Waals surface area (Å²) in [6.45, 7) is 2.38. The van der Waals surface area contributed by atoms with Crippen molar-refractivity contribution in [2.75, 3.05) is 25.1 Å². The lowest BCUT2D eigenvalue weighted by Gasteiger charge is -2.17. The third-order valence-corrected chi connectivity index (χ3v) is 6.12. The van der Waals surface area contributed by atoms with Gasteiger partial charge in [-0.05, 0) is 88.4 Å². The molecule has 0 bridgehead atoms. The van der Waals surface area contributed by atoms with E-state index < -0.39 is 0 Å². The van der Waals surface area contributed by atoms with Gasteiger partial charge in [-0.3, -0.25) is 4.79 Å². The van der Waals surface area contributed by atoms with Crippen LogP contribution in [-0.4, -0.2) is 32.3 Å². The monoisotopic (exact) mass is 525 g/mol. The van der Waals surface area contributed by atoms with Gasteiger partial charge in [0.1, 0.15) is 12.4 Å². The van der Waals surface area contributed by atoms with E-state index in [-0.39, 0.29) is 18.3 Å². The summed E-state index contributed by atoms with van der Waals surface area (Å²) >= 11 is 3.50. The number of carbonyl (C=O) groups excluding carboxylic acids is 1. The first-order chi connectivity index (χ1) is 16.5. The Morgan fingerprint density at radius 3 is 2.50 bits per heavy atom. The van der Waals surface area contributed by atoms with E-state index in [0.717, 1.165) is 24.3 Å². The van der Waals surface area contributed by atoms with Gasteiger partial charge in [-0.25, -0.2) is 9.82 Å². The Labute approximate surface area is 206 Å². The van der Waals surface area contributed by atoms with Crippen LogP contribution in [0.15, 0.2) is 70.2 Å². The number of nitrogens with zero attached hydrogens (tertiary/aromatic N) is 2. The molecule has 0 aromatic heterocycles. The van der Waals surface area contributed by atoms with Crippen LogP contribution < -0.4 is 19.8 Å². The van der Waals surface area contributed by atoms with Crippen LogP contribution >= 0.6 is 15.9 Å². The Hall–Kier alpha value is -3.39. The standard InChI is InChI=1S/C26H25BrFN3O3/c1-33-24-15-19(14-23(27)25(24)34-17-18-4-8-21(28)9-5-18)16-29-30-26(32)20-6-10-22(11-7-20)31-12-2-3-13-31/h4-11,14-16H,2-3,12-13,17H2,1H3,(H,30,32)/b29-16-. The maximum Gasteiger partial charge on any atom is 0.271 e. The van der Waals surface area contributed by atoms with E-state index in [9.17, 15) is 9.18 Å². The Morgan fingerprint density at radius 1 is 1.12 bits per heavy atom. The summed E-state index contributed by atoms with van der Waals surface area (Å²) in [5.41, 5.74) is 5.78. The molecular weight excluding hydrogens is 501 g/mol. The molecule has 1 fully saturated rings. The number of amides is 1. The van der Waals surface area contributed by atoms with Gasteiger partial charge in [0.25, 0.3) is 5.91 Å². The molecule has 6 nitrogen and oxygen atoms in total. The molecule has 1 aliphatic heterocycles. The fraction of sp³-hybridized carbons (Fsp3) is 0.231. The molecule has 34 heavy (non-hydrogen) atoms. The van der Waals surface area contributed by atoms with Crippen LogP contribution in [0.2, 0.25) is 0 Å². The maximum absolute atomic E-state index is 13.1. The van der Waals surface area contributed by atoms with Crippen LogP contribution in [0, 0.1) is 5.82 Å². The molecule has 0 radical (unpaired) electrons. The van der Waals surface area contributed by atoms with Gasteiger partial charge in [0.2, 0.25) is 0 Å². The number of benzene rings is 3. The van der Waals surface area contributed by atoms with E-state index in [0.29, 0.717) is 27.1 Å². The third-order valence-electron chi connectivity index (χ3n) is 5.53. The van der Waals surface area contributed by atoms with Crippen molar-refractivity contribution < 1.29 is 18.7 Å². The Morgan fingerprint density at radius 2 is 1.82 bits per heavy atom. The lowest BCUT2D eigenvalue weighted by Crippen LogP contribution is -2.19. The average Bonchev–Trinajstić information content (AvgIpc) is 3.39. The quantitative estimate of drug-likeness (QED) is 0.309. The summed E-state index contributed by atoms with van der Waals surface area (Å²) in [6, 6.07) is 17.2. The second-order valence-corrected chi connectivity index (χ2v) is 8.74. The van der Waals surface area contributed by atoms with Gasteiger partial charge in [-0.2, -0.15) is 5.10 Å². The van der Waals surface area contributed by atoms with Crippen LogP contribution in [0.3, 0.4) is 0 Å². The summed E-state index contributed by atoms with van der Waals surface area (Å²) in [7, 11) is 1.54. The van der Waals surface area contributed by atoms with Crippen molar-refractivity contribution >= 4 is 33.7 Å². The van der Waals surface area contributed by atoms with Crippen molar-refractivity contribution in [3.8, 4) is 11.5 Å². The summed E-state index contributed by atoms with van der Waals surface area (Å²) < 4.78 is 25.1. The van der Waals surface area contributed by atoms with E-state index >= 15 is 0 Å². The number of nitrogens with one attached hydrogen (secondary N) is 1. The normalized spacial score (nSPS) is 13.3. The first-order valence-corrected chi connectivity index (χ1v) is 11.8. The molecule has 1 amide bonds. The molecule has 0 unspecified atom stereocenters. The average molecular weight is 526 g/mol. The van der Waals surface area contributed by atoms with Gasteiger partial charge in [-0.15, -0.1) is 0 Å². The molecule has 1 N–H and O–H groups in total. The highest BCUT2D eigenvalue weighted by Crippen LogP contribution is 2.36. The van der Waals surface area contributed by atoms with Crippen molar-refractivity contribution in [3.63, 3.8) is 0 Å². The largest absolute Gasteiger partial charge is 0.493 e. The second-order valence-electron chi connectivity index (χ2n) is 7.89. The first-order valence-electron chi connectivity index (χ1n) is 11.0. The Kier molecular flexibility index (Phi) is 7.80.